The van der Waals surface area contributed by atoms with Gasteiger partial charge in [0.2, 0.25) is 0 Å². The third-order valence-corrected chi connectivity index (χ3v) is 3.60. The summed E-state index contributed by atoms with van der Waals surface area (Å²) in [5.41, 5.74) is 0.745. The fourth-order valence-electron chi connectivity index (χ4n) is 2.45. The molecule has 2 rings (SSSR count). The van der Waals surface area contributed by atoms with Crippen LogP contribution in [0.5, 0.6) is 5.75 Å². The van der Waals surface area contributed by atoms with Crippen LogP contribution in [0.1, 0.15) is 31.4 Å². The predicted molar refractivity (Wildman–Crippen MR) is 73.0 cm³/mol. The van der Waals surface area contributed by atoms with Gasteiger partial charge in [-0.2, -0.15) is 8.78 Å². The molecule has 0 aromatic heterocycles. The number of alkyl halides is 2. The first-order valence-electron chi connectivity index (χ1n) is 6.90. The molecule has 1 aliphatic rings. The maximum Gasteiger partial charge on any atom is 0.387 e. The molecule has 0 spiro atoms. The van der Waals surface area contributed by atoms with Gasteiger partial charge in [-0.05, 0) is 31.7 Å². The van der Waals surface area contributed by atoms with Crippen molar-refractivity contribution in [1.82, 2.24) is 5.32 Å². The fraction of sp³-hybridized carbons (Fsp3) is 0.600. The molecule has 20 heavy (non-hydrogen) atoms. The van der Waals surface area contributed by atoms with Gasteiger partial charge in [0.15, 0.2) is 0 Å². The Morgan fingerprint density at radius 2 is 2.00 bits per heavy atom. The highest BCUT2D eigenvalue weighted by molar-refractivity contribution is 5.35. The van der Waals surface area contributed by atoms with Crippen LogP contribution >= 0.6 is 0 Å². The molecule has 0 saturated heterocycles. The van der Waals surface area contributed by atoms with E-state index in [1.54, 1.807) is 19.2 Å². The summed E-state index contributed by atoms with van der Waals surface area (Å²) in [6.45, 7) is -0.215. The monoisotopic (exact) mass is 285 g/mol. The number of benzene rings is 1. The van der Waals surface area contributed by atoms with E-state index in [0.29, 0.717) is 12.5 Å². The van der Waals surface area contributed by atoms with E-state index in [0.717, 1.165) is 5.56 Å². The van der Waals surface area contributed by atoms with E-state index in [1.807, 2.05) is 19.1 Å². The van der Waals surface area contributed by atoms with Crippen molar-refractivity contribution in [1.29, 1.82) is 0 Å². The first kappa shape index (κ1) is 15.2. The van der Waals surface area contributed by atoms with Crippen LogP contribution in [0.3, 0.4) is 0 Å². The first-order chi connectivity index (χ1) is 9.61. The Morgan fingerprint density at radius 1 is 1.30 bits per heavy atom. The van der Waals surface area contributed by atoms with Crippen molar-refractivity contribution in [2.24, 2.45) is 5.92 Å². The second kappa shape index (κ2) is 6.99. The molecular formula is C15H21F2NO2. The van der Waals surface area contributed by atoms with E-state index >= 15 is 0 Å². The lowest BCUT2D eigenvalue weighted by Crippen LogP contribution is -2.37. The zero-order valence-electron chi connectivity index (χ0n) is 11.8. The van der Waals surface area contributed by atoms with Crippen LogP contribution in [-0.2, 0) is 4.74 Å². The summed E-state index contributed by atoms with van der Waals surface area (Å²) >= 11 is 0. The smallest absolute Gasteiger partial charge is 0.387 e. The Hall–Kier alpha value is -1.20. The van der Waals surface area contributed by atoms with Crippen LogP contribution in [0.4, 0.5) is 8.78 Å². The van der Waals surface area contributed by atoms with Crippen LogP contribution in [0.15, 0.2) is 24.3 Å². The number of para-hydroxylation sites is 1. The molecule has 1 fully saturated rings. The molecule has 2 atom stereocenters. The van der Waals surface area contributed by atoms with Gasteiger partial charge in [-0.1, -0.05) is 18.2 Å². The Bertz CT molecular complexity index is 424. The van der Waals surface area contributed by atoms with Gasteiger partial charge in [0.05, 0.1) is 6.61 Å². The van der Waals surface area contributed by atoms with Crippen molar-refractivity contribution >= 4 is 0 Å². The second-order valence-corrected chi connectivity index (χ2v) is 5.20. The predicted octanol–water partition coefficient (Wildman–Crippen LogP) is 3.36. The van der Waals surface area contributed by atoms with E-state index < -0.39 is 6.61 Å². The average molecular weight is 285 g/mol. The van der Waals surface area contributed by atoms with Crippen molar-refractivity contribution in [3.05, 3.63) is 29.8 Å². The molecule has 0 bridgehead atoms. The van der Waals surface area contributed by atoms with Gasteiger partial charge < -0.3 is 14.8 Å². The summed E-state index contributed by atoms with van der Waals surface area (Å²) < 4.78 is 34.6. The lowest BCUT2D eigenvalue weighted by Gasteiger charge is -2.24. The highest BCUT2D eigenvalue weighted by Crippen LogP contribution is 2.35. The zero-order valence-corrected chi connectivity index (χ0v) is 11.8. The molecule has 1 aromatic rings. The number of hydrogen-bond acceptors (Lipinski definition) is 3. The minimum atomic E-state index is -2.80. The summed E-state index contributed by atoms with van der Waals surface area (Å²) in [6.07, 6.45) is 2.39. The second-order valence-electron chi connectivity index (χ2n) is 5.20. The molecule has 0 radical (unpaired) electrons. The highest BCUT2D eigenvalue weighted by Gasteiger charge is 2.32. The van der Waals surface area contributed by atoms with Crippen molar-refractivity contribution in [3.8, 4) is 5.75 Å². The topological polar surface area (TPSA) is 30.5 Å². The maximum absolute atomic E-state index is 12.4. The SMILES string of the molecule is COCC(NC(C)c1ccccc1OC(F)F)C1CC1. The summed E-state index contributed by atoms with van der Waals surface area (Å²) in [5, 5.41) is 3.46. The number of halogens is 2. The summed E-state index contributed by atoms with van der Waals surface area (Å²) in [6, 6.07) is 7.10. The Morgan fingerprint density at radius 3 is 2.60 bits per heavy atom. The molecule has 0 heterocycles. The lowest BCUT2D eigenvalue weighted by molar-refractivity contribution is -0.0507. The van der Waals surface area contributed by atoms with Gasteiger partial charge in [-0.3, -0.25) is 0 Å². The molecule has 1 aliphatic carbocycles. The molecule has 3 nitrogen and oxygen atoms in total. The standard InChI is InChI=1S/C15H21F2NO2/c1-10(18-13(9-19-2)11-7-8-11)12-5-3-4-6-14(12)20-15(16)17/h3-6,10-11,13,15,18H,7-9H2,1-2H3. The molecule has 1 aromatic carbocycles. The van der Waals surface area contributed by atoms with Crippen LogP contribution in [-0.4, -0.2) is 26.4 Å². The number of rotatable bonds is 8. The molecule has 2 unspecified atom stereocenters. The van der Waals surface area contributed by atoms with Crippen LogP contribution in [0.2, 0.25) is 0 Å². The van der Waals surface area contributed by atoms with Crippen LogP contribution in [0.25, 0.3) is 0 Å². The van der Waals surface area contributed by atoms with Crippen LogP contribution in [0, 0.1) is 5.92 Å². The lowest BCUT2D eigenvalue weighted by atomic mass is 10.0. The average Bonchev–Trinajstić information content (AvgIpc) is 3.22. The molecular weight excluding hydrogens is 264 g/mol. The summed E-state index contributed by atoms with van der Waals surface area (Å²) in [4.78, 5) is 0. The summed E-state index contributed by atoms with van der Waals surface area (Å²) in [7, 11) is 1.68. The van der Waals surface area contributed by atoms with Crippen molar-refractivity contribution in [2.75, 3.05) is 13.7 Å². The highest BCUT2D eigenvalue weighted by atomic mass is 19.3. The molecule has 5 heteroatoms. The zero-order chi connectivity index (χ0) is 14.5. The number of nitrogens with one attached hydrogen (secondary N) is 1. The van der Waals surface area contributed by atoms with Crippen molar-refractivity contribution in [2.45, 2.75) is 38.5 Å². The quantitative estimate of drug-likeness (QED) is 0.794. The minimum Gasteiger partial charge on any atom is -0.434 e. The van der Waals surface area contributed by atoms with Gasteiger partial charge in [-0.15, -0.1) is 0 Å². The number of hydrogen-bond donors (Lipinski definition) is 1. The minimum absolute atomic E-state index is 0.0642. The number of methoxy groups -OCH3 is 1. The van der Waals surface area contributed by atoms with E-state index in [4.69, 9.17) is 4.74 Å². The van der Waals surface area contributed by atoms with Gasteiger partial charge in [0, 0.05) is 24.8 Å². The van der Waals surface area contributed by atoms with E-state index in [-0.39, 0.29) is 17.8 Å². The Balaban J connectivity index is 2.05. The van der Waals surface area contributed by atoms with Gasteiger partial charge in [-0.25, -0.2) is 0 Å². The molecule has 1 saturated carbocycles. The van der Waals surface area contributed by atoms with E-state index in [1.165, 1.54) is 12.8 Å². The molecule has 0 amide bonds. The van der Waals surface area contributed by atoms with Crippen LogP contribution < -0.4 is 10.1 Å². The van der Waals surface area contributed by atoms with Gasteiger partial charge >= 0.3 is 6.61 Å². The normalized spacial score (nSPS) is 18.1. The Kier molecular flexibility index (Phi) is 5.31. The molecule has 0 aliphatic heterocycles. The third kappa shape index (κ3) is 4.15. The van der Waals surface area contributed by atoms with Gasteiger partial charge in [0.25, 0.3) is 0 Å². The van der Waals surface area contributed by atoms with E-state index in [9.17, 15) is 8.78 Å². The first-order valence-corrected chi connectivity index (χ1v) is 6.90. The Labute approximate surface area is 118 Å². The maximum atomic E-state index is 12.4. The fourth-order valence-corrected chi connectivity index (χ4v) is 2.45. The largest absolute Gasteiger partial charge is 0.434 e. The number of ether oxygens (including phenoxy) is 2. The molecule has 1 N–H and O–H groups in total. The van der Waals surface area contributed by atoms with Crippen molar-refractivity contribution in [3.63, 3.8) is 0 Å². The molecule has 112 valence electrons. The van der Waals surface area contributed by atoms with E-state index in [2.05, 4.69) is 10.1 Å². The third-order valence-electron chi connectivity index (χ3n) is 3.60. The summed E-state index contributed by atoms with van der Waals surface area (Å²) in [5.74, 6) is 0.857. The van der Waals surface area contributed by atoms with Crippen molar-refractivity contribution < 1.29 is 18.3 Å². The van der Waals surface area contributed by atoms with Gasteiger partial charge in [0.1, 0.15) is 5.75 Å².